The molecule has 0 saturated carbocycles. The van der Waals surface area contributed by atoms with Crippen LogP contribution < -0.4 is 10.9 Å². The lowest BCUT2D eigenvalue weighted by molar-refractivity contribution is 0.0945. The monoisotopic (exact) mass is 265 g/mol. The van der Waals surface area contributed by atoms with Gasteiger partial charge >= 0.3 is 0 Å². The molecule has 1 aromatic carbocycles. The lowest BCUT2D eigenvalue weighted by Gasteiger charge is -2.06. The van der Waals surface area contributed by atoms with Gasteiger partial charge in [0.25, 0.3) is 11.5 Å². The number of rotatable bonds is 3. The zero-order valence-electron chi connectivity index (χ0n) is 9.61. The standard InChI is InChI=1S/C12H9F2N3O2/c13-8-2-1-3-9(14)7(8)4-17-12(19)10-5-16-11(18)6-15-10/h1-3,5-6H,4H2,(H,16,18)(H,17,19). The molecule has 0 fully saturated rings. The van der Waals surface area contributed by atoms with Gasteiger partial charge in [0.2, 0.25) is 0 Å². The Morgan fingerprint density at radius 1 is 1.32 bits per heavy atom. The Kier molecular flexibility index (Phi) is 3.65. The largest absolute Gasteiger partial charge is 0.346 e. The van der Waals surface area contributed by atoms with Crippen LogP contribution in [0.3, 0.4) is 0 Å². The summed E-state index contributed by atoms with van der Waals surface area (Å²) in [6, 6.07) is 3.44. The highest BCUT2D eigenvalue weighted by Gasteiger charge is 2.11. The lowest BCUT2D eigenvalue weighted by atomic mass is 10.2. The Hall–Kier alpha value is -2.57. The number of benzene rings is 1. The number of hydrogen-bond acceptors (Lipinski definition) is 3. The van der Waals surface area contributed by atoms with Gasteiger partial charge in [-0.1, -0.05) is 6.07 Å². The van der Waals surface area contributed by atoms with Gasteiger partial charge in [-0.05, 0) is 12.1 Å². The molecule has 2 N–H and O–H groups in total. The third kappa shape index (κ3) is 3.01. The minimum absolute atomic E-state index is 0.0450. The number of halogens is 2. The van der Waals surface area contributed by atoms with Crippen molar-refractivity contribution in [1.29, 1.82) is 0 Å². The summed E-state index contributed by atoms with van der Waals surface area (Å²) in [5.74, 6) is -2.12. The maximum Gasteiger partial charge on any atom is 0.271 e. The van der Waals surface area contributed by atoms with E-state index in [0.29, 0.717) is 0 Å². The topological polar surface area (TPSA) is 74.8 Å². The van der Waals surface area contributed by atoms with Crippen LogP contribution in [0.4, 0.5) is 8.78 Å². The molecule has 1 amide bonds. The van der Waals surface area contributed by atoms with Gasteiger partial charge in [-0.15, -0.1) is 0 Å². The Morgan fingerprint density at radius 2 is 2.00 bits per heavy atom. The number of carbonyl (C=O) groups excluding carboxylic acids is 1. The number of H-pyrrole nitrogens is 1. The quantitative estimate of drug-likeness (QED) is 0.868. The minimum atomic E-state index is -0.741. The number of aromatic amines is 1. The number of hydrogen-bond donors (Lipinski definition) is 2. The van der Waals surface area contributed by atoms with E-state index < -0.39 is 23.1 Å². The van der Waals surface area contributed by atoms with Crippen molar-refractivity contribution in [2.45, 2.75) is 6.54 Å². The second-order valence-corrected chi connectivity index (χ2v) is 3.68. The van der Waals surface area contributed by atoms with Gasteiger partial charge < -0.3 is 10.3 Å². The number of amides is 1. The van der Waals surface area contributed by atoms with Gasteiger partial charge in [0.15, 0.2) is 0 Å². The molecule has 0 unspecified atom stereocenters. The van der Waals surface area contributed by atoms with E-state index in [2.05, 4.69) is 15.3 Å². The van der Waals surface area contributed by atoms with E-state index in [1.807, 2.05) is 0 Å². The molecule has 0 aliphatic carbocycles. The molecule has 0 atom stereocenters. The van der Waals surface area contributed by atoms with E-state index in [1.54, 1.807) is 0 Å². The molecule has 1 aromatic heterocycles. The number of nitrogens with one attached hydrogen (secondary N) is 2. The van der Waals surface area contributed by atoms with E-state index in [-0.39, 0.29) is 17.8 Å². The average molecular weight is 265 g/mol. The van der Waals surface area contributed by atoms with Crippen molar-refractivity contribution in [2.24, 2.45) is 0 Å². The van der Waals surface area contributed by atoms with Gasteiger partial charge in [-0.2, -0.15) is 0 Å². The molecule has 0 aliphatic heterocycles. The molecule has 2 rings (SSSR count). The summed E-state index contributed by atoms with van der Waals surface area (Å²) < 4.78 is 26.6. The SMILES string of the molecule is O=C(NCc1c(F)cccc1F)c1c[nH]c(=O)cn1. The Balaban J connectivity index is 2.08. The molecule has 7 heteroatoms. The van der Waals surface area contributed by atoms with Crippen molar-refractivity contribution in [1.82, 2.24) is 15.3 Å². The Bertz CT molecular complexity index is 630. The number of carbonyl (C=O) groups is 1. The third-order valence-corrected chi connectivity index (χ3v) is 2.39. The molecule has 0 radical (unpaired) electrons. The van der Waals surface area contributed by atoms with Crippen LogP contribution in [-0.4, -0.2) is 15.9 Å². The molecule has 2 aromatic rings. The fraction of sp³-hybridized carbons (Fsp3) is 0.0833. The van der Waals surface area contributed by atoms with Gasteiger partial charge in [0, 0.05) is 18.3 Å². The van der Waals surface area contributed by atoms with E-state index >= 15 is 0 Å². The van der Waals surface area contributed by atoms with Crippen LogP contribution in [-0.2, 0) is 6.54 Å². The molecule has 0 spiro atoms. The molecular formula is C12H9F2N3O2. The summed E-state index contributed by atoms with van der Waals surface area (Å²) in [5.41, 5.74) is -0.728. The summed E-state index contributed by atoms with van der Waals surface area (Å²) in [6.45, 7) is -0.307. The normalized spacial score (nSPS) is 10.2. The summed E-state index contributed by atoms with van der Waals surface area (Å²) in [6.07, 6.45) is 2.06. The van der Waals surface area contributed by atoms with Crippen LogP contribution in [0.1, 0.15) is 16.1 Å². The molecule has 98 valence electrons. The van der Waals surface area contributed by atoms with Crippen LogP contribution in [0, 0.1) is 11.6 Å². The lowest BCUT2D eigenvalue weighted by Crippen LogP contribution is -2.26. The molecule has 5 nitrogen and oxygen atoms in total. The Labute approximate surface area is 106 Å². The molecular weight excluding hydrogens is 256 g/mol. The first-order chi connectivity index (χ1) is 9.08. The first-order valence-electron chi connectivity index (χ1n) is 5.34. The maximum atomic E-state index is 13.3. The van der Waals surface area contributed by atoms with Crippen molar-refractivity contribution < 1.29 is 13.6 Å². The van der Waals surface area contributed by atoms with Crippen molar-refractivity contribution in [3.05, 3.63) is 63.8 Å². The zero-order valence-corrected chi connectivity index (χ0v) is 9.61. The predicted molar refractivity (Wildman–Crippen MR) is 62.4 cm³/mol. The van der Waals surface area contributed by atoms with E-state index in [4.69, 9.17) is 0 Å². The summed E-state index contributed by atoms with van der Waals surface area (Å²) in [4.78, 5) is 28.2. The van der Waals surface area contributed by atoms with E-state index in [1.165, 1.54) is 6.07 Å². The second-order valence-electron chi connectivity index (χ2n) is 3.68. The zero-order chi connectivity index (χ0) is 13.8. The molecule has 1 heterocycles. The average Bonchev–Trinajstić information content (AvgIpc) is 2.38. The first-order valence-corrected chi connectivity index (χ1v) is 5.34. The van der Waals surface area contributed by atoms with E-state index in [9.17, 15) is 18.4 Å². The third-order valence-electron chi connectivity index (χ3n) is 2.39. The molecule has 19 heavy (non-hydrogen) atoms. The highest BCUT2D eigenvalue weighted by atomic mass is 19.1. The summed E-state index contributed by atoms with van der Waals surface area (Å²) >= 11 is 0. The predicted octanol–water partition coefficient (Wildman–Crippen LogP) is 0.978. The minimum Gasteiger partial charge on any atom is -0.346 e. The van der Waals surface area contributed by atoms with Crippen LogP contribution in [0.25, 0.3) is 0 Å². The van der Waals surface area contributed by atoms with Crippen LogP contribution >= 0.6 is 0 Å². The Morgan fingerprint density at radius 3 is 2.58 bits per heavy atom. The van der Waals surface area contributed by atoms with Gasteiger partial charge in [-0.3, -0.25) is 9.59 Å². The number of nitrogens with zero attached hydrogens (tertiary/aromatic N) is 1. The van der Waals surface area contributed by atoms with Gasteiger partial charge in [0.1, 0.15) is 17.3 Å². The highest BCUT2D eigenvalue weighted by molar-refractivity contribution is 5.91. The second kappa shape index (κ2) is 5.38. The highest BCUT2D eigenvalue weighted by Crippen LogP contribution is 2.11. The summed E-state index contributed by atoms with van der Waals surface area (Å²) in [7, 11) is 0. The van der Waals surface area contributed by atoms with Crippen LogP contribution in [0.2, 0.25) is 0 Å². The number of aromatic nitrogens is 2. The molecule has 0 aliphatic rings. The van der Waals surface area contributed by atoms with Crippen LogP contribution in [0.5, 0.6) is 0 Å². The van der Waals surface area contributed by atoms with Crippen molar-refractivity contribution in [3.8, 4) is 0 Å². The van der Waals surface area contributed by atoms with Crippen molar-refractivity contribution in [2.75, 3.05) is 0 Å². The fourth-order valence-electron chi connectivity index (χ4n) is 1.43. The van der Waals surface area contributed by atoms with Crippen molar-refractivity contribution in [3.63, 3.8) is 0 Å². The first kappa shape index (κ1) is 12.9. The maximum absolute atomic E-state index is 13.3. The van der Waals surface area contributed by atoms with Gasteiger partial charge in [-0.25, -0.2) is 13.8 Å². The molecule has 0 bridgehead atoms. The smallest absolute Gasteiger partial charge is 0.271 e. The van der Waals surface area contributed by atoms with Crippen molar-refractivity contribution >= 4 is 5.91 Å². The fourth-order valence-corrected chi connectivity index (χ4v) is 1.43. The van der Waals surface area contributed by atoms with E-state index in [0.717, 1.165) is 24.5 Å². The summed E-state index contributed by atoms with van der Waals surface area (Å²) in [5, 5.41) is 2.31. The molecule has 0 saturated heterocycles. The van der Waals surface area contributed by atoms with Gasteiger partial charge in [0.05, 0.1) is 6.20 Å². The van der Waals surface area contributed by atoms with Crippen LogP contribution in [0.15, 0.2) is 35.4 Å².